The quantitative estimate of drug-likeness (QED) is 0.235. The molecule has 0 amide bonds. The average molecular weight is 522 g/mol. The predicted molar refractivity (Wildman–Crippen MR) is 173 cm³/mol. The molecule has 0 bridgehead atoms. The van der Waals surface area contributed by atoms with Crippen LogP contribution in [0.5, 0.6) is 0 Å². The van der Waals surface area contributed by atoms with Crippen LogP contribution in [0, 0.1) is 0 Å². The molecule has 0 heterocycles. The summed E-state index contributed by atoms with van der Waals surface area (Å²) in [5, 5.41) is 0. The average Bonchev–Trinajstić information content (AvgIpc) is 2.99. The van der Waals surface area contributed by atoms with E-state index in [2.05, 4.69) is 135 Å². The van der Waals surface area contributed by atoms with Crippen LogP contribution in [-0.2, 0) is 0 Å². The molecule has 3 heteroatoms. The second-order valence-electron chi connectivity index (χ2n) is 10.3. The third kappa shape index (κ3) is 6.58. The molecule has 206 valence electrons. The van der Waals surface area contributed by atoms with Crippen molar-refractivity contribution in [2.24, 2.45) is 0 Å². The van der Waals surface area contributed by atoms with Gasteiger partial charge in [0, 0.05) is 56.3 Å². The highest BCUT2D eigenvalue weighted by Crippen LogP contribution is 2.36. The molecule has 3 nitrogen and oxygen atoms in total. The molecule has 0 unspecified atom stereocenters. The minimum Gasteiger partial charge on any atom is -0.372 e. The van der Waals surface area contributed by atoms with E-state index in [4.69, 9.17) is 0 Å². The van der Waals surface area contributed by atoms with Crippen LogP contribution in [0.3, 0.4) is 0 Å². The van der Waals surface area contributed by atoms with Crippen LogP contribution >= 0.6 is 0 Å². The Morgan fingerprint density at radius 1 is 0.513 bits per heavy atom. The lowest BCUT2D eigenvalue weighted by Gasteiger charge is -2.26. The highest BCUT2D eigenvalue weighted by Gasteiger charge is 2.15. The Bertz CT molecular complexity index is 1220. The Morgan fingerprint density at radius 2 is 0.974 bits per heavy atom. The molecule has 0 fully saturated rings. The fourth-order valence-corrected chi connectivity index (χ4v) is 5.81. The van der Waals surface area contributed by atoms with Gasteiger partial charge in [-0.05, 0) is 136 Å². The van der Waals surface area contributed by atoms with E-state index in [1.807, 2.05) is 0 Å². The van der Waals surface area contributed by atoms with E-state index in [-0.39, 0.29) is 0 Å². The molecule has 0 atom stereocenters. The van der Waals surface area contributed by atoms with Crippen LogP contribution in [0.1, 0.15) is 59.9 Å². The first-order valence-electron chi connectivity index (χ1n) is 15.1. The van der Waals surface area contributed by atoms with E-state index >= 15 is 0 Å². The van der Waals surface area contributed by atoms with E-state index in [1.165, 1.54) is 50.5 Å². The molecule has 0 spiro atoms. The molecule has 39 heavy (non-hydrogen) atoms. The molecule has 1 aliphatic carbocycles. The summed E-state index contributed by atoms with van der Waals surface area (Å²) in [5.41, 5.74) is 11.8. The number of hydrogen-bond donors (Lipinski definition) is 0. The van der Waals surface area contributed by atoms with Gasteiger partial charge >= 0.3 is 0 Å². The minimum atomic E-state index is 1.01. The molecular formula is C36H47N3. The van der Waals surface area contributed by atoms with Crippen LogP contribution < -0.4 is 9.80 Å². The lowest BCUT2D eigenvalue weighted by Crippen LogP contribution is -2.22. The van der Waals surface area contributed by atoms with Gasteiger partial charge in [0.05, 0.1) is 0 Å². The molecular weight excluding hydrogens is 474 g/mol. The van der Waals surface area contributed by atoms with Gasteiger partial charge in [0.25, 0.3) is 0 Å². The molecule has 3 aromatic rings. The molecule has 1 aliphatic rings. The molecule has 0 saturated carbocycles. The van der Waals surface area contributed by atoms with Gasteiger partial charge in [-0.1, -0.05) is 30.3 Å². The number of likely N-dealkylation sites (N-methyl/N-ethyl adjacent to an activating group) is 1. The van der Waals surface area contributed by atoms with Crippen molar-refractivity contribution in [2.75, 3.05) is 49.1 Å². The molecule has 0 saturated heterocycles. The van der Waals surface area contributed by atoms with E-state index < -0.39 is 0 Å². The number of allylic oxidation sites excluding steroid dienone is 3. The lowest BCUT2D eigenvalue weighted by molar-refractivity contribution is 0.392. The van der Waals surface area contributed by atoms with Crippen molar-refractivity contribution in [3.8, 4) is 22.3 Å². The predicted octanol–water partition coefficient (Wildman–Crippen LogP) is 9.12. The summed E-state index contributed by atoms with van der Waals surface area (Å²) in [7, 11) is 0. The highest BCUT2D eigenvalue weighted by atomic mass is 15.1. The van der Waals surface area contributed by atoms with Crippen molar-refractivity contribution in [3.63, 3.8) is 0 Å². The van der Waals surface area contributed by atoms with Gasteiger partial charge < -0.3 is 14.7 Å². The summed E-state index contributed by atoms with van der Waals surface area (Å²) in [5.74, 6) is 0. The second kappa shape index (κ2) is 13.6. The molecule has 0 N–H and O–H groups in total. The first kappa shape index (κ1) is 28.5. The van der Waals surface area contributed by atoms with Crippen molar-refractivity contribution in [2.45, 2.75) is 54.4 Å². The van der Waals surface area contributed by atoms with Crippen LogP contribution in [-0.4, -0.2) is 44.2 Å². The number of benzene rings is 3. The normalized spacial score (nSPS) is 13.1. The summed E-state index contributed by atoms with van der Waals surface area (Å²) in [6.45, 7) is 19.5. The van der Waals surface area contributed by atoms with Gasteiger partial charge in [0.1, 0.15) is 0 Å². The van der Waals surface area contributed by atoms with Crippen molar-refractivity contribution in [1.29, 1.82) is 0 Å². The fourth-order valence-electron chi connectivity index (χ4n) is 5.81. The lowest BCUT2D eigenvalue weighted by atomic mass is 9.89. The van der Waals surface area contributed by atoms with E-state index in [9.17, 15) is 0 Å². The third-order valence-electron chi connectivity index (χ3n) is 8.14. The first-order chi connectivity index (χ1) is 19.0. The third-order valence-corrected chi connectivity index (χ3v) is 8.14. The van der Waals surface area contributed by atoms with Gasteiger partial charge in [0.2, 0.25) is 0 Å². The Balaban J connectivity index is 1.86. The van der Waals surface area contributed by atoms with Crippen molar-refractivity contribution in [1.82, 2.24) is 4.90 Å². The fraction of sp³-hybridized carbons (Fsp3) is 0.389. The van der Waals surface area contributed by atoms with Crippen LogP contribution in [0.4, 0.5) is 11.4 Å². The SMILES string of the molecule is CCN(CC)C1=CCCC(c2cc(-c3cccc(N(CC)CC)c3)cc(-c3cccc(N(CC)CC)c3)c2)=C1. The zero-order chi connectivity index (χ0) is 27.8. The molecule has 0 radical (unpaired) electrons. The Labute approximate surface area is 237 Å². The monoisotopic (exact) mass is 521 g/mol. The number of rotatable bonds is 12. The van der Waals surface area contributed by atoms with Crippen LogP contribution in [0.15, 0.2) is 84.6 Å². The van der Waals surface area contributed by atoms with Gasteiger partial charge in [-0.15, -0.1) is 0 Å². The van der Waals surface area contributed by atoms with Gasteiger partial charge in [0.15, 0.2) is 0 Å². The number of hydrogen-bond acceptors (Lipinski definition) is 3. The zero-order valence-electron chi connectivity index (χ0n) is 25.0. The summed E-state index contributed by atoms with van der Waals surface area (Å²) < 4.78 is 0. The van der Waals surface area contributed by atoms with Gasteiger partial charge in [-0.2, -0.15) is 0 Å². The van der Waals surface area contributed by atoms with E-state index in [1.54, 1.807) is 0 Å². The van der Waals surface area contributed by atoms with Crippen molar-refractivity contribution in [3.05, 3.63) is 90.1 Å². The number of anilines is 2. The topological polar surface area (TPSA) is 9.72 Å². The van der Waals surface area contributed by atoms with E-state index in [0.717, 1.165) is 52.1 Å². The first-order valence-corrected chi connectivity index (χ1v) is 15.1. The molecule has 4 rings (SSSR count). The molecule has 3 aromatic carbocycles. The van der Waals surface area contributed by atoms with Gasteiger partial charge in [-0.3, -0.25) is 0 Å². The Hall–Kier alpha value is -3.46. The maximum Gasteiger partial charge on any atom is 0.0372 e. The standard InChI is InChI=1S/C36H47N3/c1-7-37(8-2)34-19-13-16-28(25-34)31-22-32(29-17-14-20-35(26-29)38(9-3)10-4)24-33(23-31)30-18-15-21-36(27-30)39(11-5)12-6/h13-14,16-17,19-27H,7-12,15,18H2,1-6H3. The summed E-state index contributed by atoms with van der Waals surface area (Å²) >= 11 is 0. The minimum absolute atomic E-state index is 1.01. The second-order valence-corrected chi connectivity index (χ2v) is 10.3. The van der Waals surface area contributed by atoms with Crippen molar-refractivity contribution < 1.29 is 0 Å². The Morgan fingerprint density at radius 3 is 1.44 bits per heavy atom. The summed E-state index contributed by atoms with van der Waals surface area (Å²) in [4.78, 5) is 7.31. The zero-order valence-corrected chi connectivity index (χ0v) is 25.0. The molecule has 0 aromatic heterocycles. The van der Waals surface area contributed by atoms with Crippen LogP contribution in [0.2, 0.25) is 0 Å². The maximum absolute atomic E-state index is 2.46. The van der Waals surface area contributed by atoms with E-state index in [0.29, 0.717) is 0 Å². The Kier molecular flexibility index (Phi) is 9.92. The molecule has 0 aliphatic heterocycles. The number of nitrogens with zero attached hydrogens (tertiary/aromatic N) is 3. The summed E-state index contributed by atoms with van der Waals surface area (Å²) in [6, 6.07) is 25.3. The highest BCUT2D eigenvalue weighted by molar-refractivity contribution is 5.83. The largest absolute Gasteiger partial charge is 0.372 e. The van der Waals surface area contributed by atoms with Gasteiger partial charge in [-0.25, -0.2) is 0 Å². The smallest absolute Gasteiger partial charge is 0.0372 e. The van der Waals surface area contributed by atoms with Crippen LogP contribution in [0.25, 0.3) is 27.8 Å². The maximum atomic E-state index is 2.46. The van der Waals surface area contributed by atoms with Crippen molar-refractivity contribution >= 4 is 16.9 Å². The summed E-state index contributed by atoms with van der Waals surface area (Å²) in [6.07, 6.45) is 7.00.